The molecule has 0 saturated heterocycles. The third-order valence-corrected chi connectivity index (χ3v) is 3.30. The molecule has 0 spiro atoms. The van der Waals surface area contributed by atoms with Crippen LogP contribution < -0.4 is 15.4 Å². The zero-order chi connectivity index (χ0) is 19.1. The van der Waals surface area contributed by atoms with E-state index in [9.17, 15) is 19.7 Å². The number of nitrogens with zero attached hydrogens (tertiary/aromatic N) is 1. The van der Waals surface area contributed by atoms with Crippen LogP contribution in [0.15, 0.2) is 42.5 Å². The molecule has 2 aromatic carbocycles. The number of nitro benzene ring substituents is 1. The lowest BCUT2D eigenvalue weighted by Gasteiger charge is -2.09. The maximum absolute atomic E-state index is 12.1. The van der Waals surface area contributed by atoms with Crippen LogP contribution >= 0.6 is 0 Å². The van der Waals surface area contributed by atoms with Crippen LogP contribution in [-0.4, -0.2) is 30.6 Å². The van der Waals surface area contributed by atoms with Crippen molar-refractivity contribution in [1.82, 2.24) is 0 Å². The highest BCUT2D eigenvalue weighted by atomic mass is 16.6. The lowest BCUT2D eigenvalue weighted by molar-refractivity contribution is -0.384. The number of urea groups is 1. The molecule has 9 nitrogen and oxygen atoms in total. The molecule has 0 radical (unpaired) electrons. The highest BCUT2D eigenvalue weighted by molar-refractivity contribution is 6.01. The quantitative estimate of drug-likeness (QED) is 0.463. The number of benzene rings is 2. The van der Waals surface area contributed by atoms with Crippen LogP contribution in [0.4, 0.5) is 21.9 Å². The first-order valence-corrected chi connectivity index (χ1v) is 7.62. The van der Waals surface area contributed by atoms with Gasteiger partial charge in [-0.05, 0) is 43.3 Å². The summed E-state index contributed by atoms with van der Waals surface area (Å²) in [5.74, 6) is -0.158. The smallest absolute Gasteiger partial charge is 0.338 e. The molecule has 0 aliphatic heterocycles. The fraction of sp³-hybridized carbons (Fsp3) is 0.176. The van der Waals surface area contributed by atoms with Crippen LogP contribution in [0.2, 0.25) is 0 Å². The van der Waals surface area contributed by atoms with Gasteiger partial charge in [0.25, 0.3) is 5.69 Å². The van der Waals surface area contributed by atoms with E-state index in [1.54, 1.807) is 6.92 Å². The van der Waals surface area contributed by atoms with E-state index in [2.05, 4.69) is 10.6 Å². The Hall–Kier alpha value is -3.62. The maximum Gasteiger partial charge on any atom is 0.338 e. The van der Waals surface area contributed by atoms with Gasteiger partial charge in [0.15, 0.2) is 0 Å². The van der Waals surface area contributed by atoms with Gasteiger partial charge in [-0.25, -0.2) is 9.59 Å². The van der Waals surface area contributed by atoms with E-state index in [-0.39, 0.29) is 18.0 Å². The highest BCUT2D eigenvalue weighted by Crippen LogP contribution is 2.29. The van der Waals surface area contributed by atoms with Crippen LogP contribution in [0.3, 0.4) is 0 Å². The molecule has 2 rings (SSSR count). The fourth-order valence-electron chi connectivity index (χ4n) is 2.08. The van der Waals surface area contributed by atoms with Gasteiger partial charge in [0.05, 0.1) is 30.3 Å². The van der Waals surface area contributed by atoms with Gasteiger partial charge < -0.3 is 20.1 Å². The number of amides is 2. The zero-order valence-corrected chi connectivity index (χ0v) is 14.1. The Morgan fingerprint density at radius 2 is 1.81 bits per heavy atom. The minimum atomic E-state index is -0.665. The molecule has 0 aromatic heterocycles. The zero-order valence-electron chi connectivity index (χ0n) is 14.1. The van der Waals surface area contributed by atoms with Crippen LogP contribution in [0.1, 0.15) is 17.3 Å². The number of ether oxygens (including phenoxy) is 2. The Morgan fingerprint density at radius 1 is 1.12 bits per heavy atom. The summed E-state index contributed by atoms with van der Waals surface area (Å²) in [6, 6.07) is 9.47. The number of carbonyl (C=O) groups excluding carboxylic acids is 2. The van der Waals surface area contributed by atoms with Gasteiger partial charge in [-0.1, -0.05) is 0 Å². The second-order valence-electron chi connectivity index (χ2n) is 5.02. The van der Waals surface area contributed by atoms with Gasteiger partial charge in [-0.2, -0.15) is 0 Å². The van der Waals surface area contributed by atoms with E-state index in [1.165, 1.54) is 49.6 Å². The topological polar surface area (TPSA) is 120 Å². The number of nitro groups is 1. The Kier molecular flexibility index (Phi) is 6.10. The van der Waals surface area contributed by atoms with Crippen molar-refractivity contribution >= 4 is 29.1 Å². The summed E-state index contributed by atoms with van der Waals surface area (Å²) in [6.07, 6.45) is 0. The number of methoxy groups -OCH3 is 1. The number of esters is 1. The average molecular weight is 359 g/mol. The molecule has 0 aliphatic rings. The molecule has 2 N–H and O–H groups in total. The molecule has 136 valence electrons. The lowest BCUT2D eigenvalue weighted by atomic mass is 10.2. The van der Waals surface area contributed by atoms with E-state index in [1.807, 2.05) is 0 Å². The first kappa shape index (κ1) is 18.7. The predicted molar refractivity (Wildman–Crippen MR) is 94.7 cm³/mol. The molecule has 0 saturated carbocycles. The number of anilines is 2. The Morgan fingerprint density at radius 3 is 2.38 bits per heavy atom. The summed E-state index contributed by atoms with van der Waals surface area (Å²) in [4.78, 5) is 34.1. The van der Waals surface area contributed by atoms with Crippen molar-refractivity contribution in [3.63, 3.8) is 0 Å². The molecule has 2 amide bonds. The van der Waals surface area contributed by atoms with Crippen molar-refractivity contribution < 1.29 is 24.0 Å². The normalized spacial score (nSPS) is 9.92. The van der Waals surface area contributed by atoms with E-state index in [0.717, 1.165) is 0 Å². The van der Waals surface area contributed by atoms with Gasteiger partial charge in [-0.15, -0.1) is 0 Å². The van der Waals surface area contributed by atoms with E-state index in [4.69, 9.17) is 9.47 Å². The second kappa shape index (κ2) is 8.47. The van der Waals surface area contributed by atoms with Crippen molar-refractivity contribution in [2.24, 2.45) is 0 Å². The SMILES string of the molecule is CCOC(=O)c1ccc(NC(=O)Nc2ccc(OC)cc2[N+](=O)[O-])cc1. The number of nitrogens with one attached hydrogen (secondary N) is 2. The Balaban J connectivity index is 2.07. The van der Waals surface area contributed by atoms with Crippen molar-refractivity contribution in [2.45, 2.75) is 6.92 Å². The minimum absolute atomic E-state index is 0.0245. The van der Waals surface area contributed by atoms with Crippen molar-refractivity contribution in [2.75, 3.05) is 24.4 Å². The number of hydrogen-bond acceptors (Lipinski definition) is 6. The molecule has 0 bridgehead atoms. The molecular formula is C17H17N3O6. The predicted octanol–water partition coefficient (Wildman–Crippen LogP) is 3.42. The molecule has 0 fully saturated rings. The van der Waals surface area contributed by atoms with Crippen molar-refractivity contribution in [3.8, 4) is 5.75 Å². The van der Waals surface area contributed by atoms with Crippen LogP contribution in [0.25, 0.3) is 0 Å². The molecule has 0 aliphatic carbocycles. The van der Waals surface area contributed by atoms with Crippen LogP contribution in [0, 0.1) is 10.1 Å². The van der Waals surface area contributed by atoms with Gasteiger partial charge in [0.2, 0.25) is 0 Å². The maximum atomic E-state index is 12.1. The van der Waals surface area contributed by atoms with Crippen molar-refractivity contribution in [3.05, 3.63) is 58.1 Å². The summed E-state index contributed by atoms with van der Waals surface area (Å²) in [5.41, 5.74) is 0.490. The van der Waals surface area contributed by atoms with Gasteiger partial charge in [-0.3, -0.25) is 10.1 Å². The standard InChI is InChI=1S/C17H17N3O6/c1-3-26-16(21)11-4-6-12(7-5-11)18-17(22)19-14-9-8-13(25-2)10-15(14)20(23)24/h4-10H,3H2,1-2H3,(H2,18,19,22). The van der Waals surface area contributed by atoms with E-state index >= 15 is 0 Å². The molecule has 0 atom stereocenters. The van der Waals surface area contributed by atoms with E-state index in [0.29, 0.717) is 17.0 Å². The third kappa shape index (κ3) is 4.69. The summed E-state index contributed by atoms with van der Waals surface area (Å²) < 4.78 is 9.81. The number of rotatable bonds is 6. The average Bonchev–Trinajstić information content (AvgIpc) is 2.62. The largest absolute Gasteiger partial charge is 0.496 e. The summed E-state index contributed by atoms with van der Waals surface area (Å²) >= 11 is 0. The van der Waals surface area contributed by atoms with Crippen LogP contribution in [-0.2, 0) is 4.74 Å². The number of carbonyl (C=O) groups is 2. The minimum Gasteiger partial charge on any atom is -0.496 e. The first-order chi connectivity index (χ1) is 12.4. The molecule has 0 heterocycles. The Labute approximate surface area is 149 Å². The highest BCUT2D eigenvalue weighted by Gasteiger charge is 2.17. The second-order valence-corrected chi connectivity index (χ2v) is 5.02. The summed E-state index contributed by atoms with van der Waals surface area (Å²) in [6.45, 7) is 1.97. The molecule has 2 aromatic rings. The van der Waals surface area contributed by atoms with Crippen LogP contribution in [0.5, 0.6) is 5.75 Å². The van der Waals surface area contributed by atoms with Gasteiger partial charge in [0.1, 0.15) is 11.4 Å². The first-order valence-electron chi connectivity index (χ1n) is 7.62. The summed E-state index contributed by atoms with van der Waals surface area (Å²) in [7, 11) is 1.39. The molecule has 9 heteroatoms. The molecule has 26 heavy (non-hydrogen) atoms. The summed E-state index contributed by atoms with van der Waals surface area (Å²) in [5, 5.41) is 16.1. The van der Waals surface area contributed by atoms with Gasteiger partial charge in [0, 0.05) is 5.69 Å². The molecule has 0 unspecified atom stereocenters. The fourth-order valence-corrected chi connectivity index (χ4v) is 2.08. The Bertz CT molecular complexity index is 820. The number of hydrogen-bond donors (Lipinski definition) is 2. The lowest BCUT2D eigenvalue weighted by Crippen LogP contribution is -2.20. The van der Waals surface area contributed by atoms with Crippen molar-refractivity contribution in [1.29, 1.82) is 0 Å². The monoisotopic (exact) mass is 359 g/mol. The molecular weight excluding hydrogens is 342 g/mol. The third-order valence-electron chi connectivity index (χ3n) is 3.30. The van der Waals surface area contributed by atoms with Gasteiger partial charge >= 0.3 is 12.0 Å². The van der Waals surface area contributed by atoms with E-state index < -0.39 is 16.9 Å².